The van der Waals surface area contributed by atoms with Crippen molar-refractivity contribution in [3.63, 3.8) is 0 Å². The number of amides is 1. The first-order valence-corrected chi connectivity index (χ1v) is 10.8. The van der Waals surface area contributed by atoms with E-state index in [1.807, 2.05) is 31.2 Å². The quantitative estimate of drug-likeness (QED) is 0.377. The highest BCUT2D eigenvalue weighted by Gasteiger charge is 2.08. The predicted octanol–water partition coefficient (Wildman–Crippen LogP) is 0.921. The van der Waals surface area contributed by atoms with Crippen LogP contribution in [-0.4, -0.2) is 70.9 Å². The average Bonchev–Trinajstić information content (AvgIpc) is 2.57. The lowest BCUT2D eigenvalue weighted by Crippen LogP contribution is -2.38. The van der Waals surface area contributed by atoms with Gasteiger partial charge in [0, 0.05) is 45.5 Å². The van der Waals surface area contributed by atoms with Crippen molar-refractivity contribution in [3.05, 3.63) is 35.4 Å². The zero-order valence-corrected chi connectivity index (χ0v) is 16.9. The Morgan fingerprint density at radius 2 is 1.96 bits per heavy atom. The number of aliphatic imine (C=N–C) groups is 1. The molecule has 0 saturated heterocycles. The normalized spacial score (nSPS) is 11.9. The largest absolute Gasteiger partial charge is 0.357 e. The molecule has 7 nitrogen and oxygen atoms in total. The van der Waals surface area contributed by atoms with E-state index >= 15 is 0 Å². The second kappa shape index (κ2) is 10.8. The lowest BCUT2D eigenvalue weighted by atomic mass is 10.1. The number of nitrogens with one attached hydrogen (secondary N) is 2. The molecule has 1 aromatic carbocycles. The summed E-state index contributed by atoms with van der Waals surface area (Å²) in [6, 6.07) is 7.59. The summed E-state index contributed by atoms with van der Waals surface area (Å²) in [5.41, 5.74) is 1.74. The first-order chi connectivity index (χ1) is 12.2. The van der Waals surface area contributed by atoms with Gasteiger partial charge in [-0.25, -0.2) is 8.42 Å². The molecule has 0 unspecified atom stereocenters. The first-order valence-electron chi connectivity index (χ1n) is 8.73. The number of hydrogen-bond donors (Lipinski definition) is 2. The Labute approximate surface area is 156 Å². The highest BCUT2D eigenvalue weighted by Crippen LogP contribution is 2.07. The molecule has 8 heteroatoms. The molecule has 146 valence electrons. The maximum Gasteiger partial charge on any atom is 0.253 e. The summed E-state index contributed by atoms with van der Waals surface area (Å²) in [6.45, 7) is 3.82. The smallest absolute Gasteiger partial charge is 0.253 e. The molecule has 0 aliphatic rings. The fraction of sp³-hybridized carbons (Fsp3) is 0.556. The van der Waals surface area contributed by atoms with E-state index in [2.05, 4.69) is 15.6 Å². The third-order valence-corrected chi connectivity index (χ3v) is 4.60. The Bertz CT molecular complexity index is 715. The molecule has 0 saturated carbocycles. The molecule has 0 radical (unpaired) electrons. The second-order valence-electron chi connectivity index (χ2n) is 6.32. The second-order valence-corrected chi connectivity index (χ2v) is 8.58. The van der Waals surface area contributed by atoms with Crippen LogP contribution in [0.25, 0.3) is 0 Å². The van der Waals surface area contributed by atoms with Crippen LogP contribution in [0.4, 0.5) is 0 Å². The van der Waals surface area contributed by atoms with E-state index in [-0.39, 0.29) is 11.7 Å². The highest BCUT2D eigenvalue weighted by molar-refractivity contribution is 7.90. The van der Waals surface area contributed by atoms with Gasteiger partial charge in [0.15, 0.2) is 5.96 Å². The first kappa shape index (κ1) is 22.0. The van der Waals surface area contributed by atoms with Crippen molar-refractivity contribution in [3.8, 4) is 0 Å². The van der Waals surface area contributed by atoms with Crippen molar-refractivity contribution in [2.75, 3.05) is 45.7 Å². The Kier molecular flexibility index (Phi) is 9.12. The summed E-state index contributed by atoms with van der Waals surface area (Å²) in [5, 5.41) is 6.37. The van der Waals surface area contributed by atoms with E-state index in [4.69, 9.17) is 0 Å². The molecule has 2 N–H and O–H groups in total. The number of rotatable bonds is 9. The monoisotopic (exact) mass is 382 g/mol. The summed E-state index contributed by atoms with van der Waals surface area (Å²) in [4.78, 5) is 18.0. The van der Waals surface area contributed by atoms with Crippen LogP contribution in [0.1, 0.15) is 29.3 Å². The van der Waals surface area contributed by atoms with Gasteiger partial charge in [-0.1, -0.05) is 12.1 Å². The molecule has 1 aromatic rings. The summed E-state index contributed by atoms with van der Waals surface area (Å²) < 4.78 is 22.3. The number of carbonyl (C=O) groups is 1. The van der Waals surface area contributed by atoms with Crippen LogP contribution in [0.3, 0.4) is 0 Å². The molecular formula is C18H30N4O3S. The van der Waals surface area contributed by atoms with Crippen molar-refractivity contribution < 1.29 is 13.2 Å². The van der Waals surface area contributed by atoms with Gasteiger partial charge in [-0.2, -0.15) is 0 Å². The molecule has 0 aliphatic heterocycles. The van der Waals surface area contributed by atoms with Gasteiger partial charge >= 0.3 is 0 Å². The zero-order valence-electron chi connectivity index (χ0n) is 16.1. The minimum absolute atomic E-state index is 0.0133. The molecule has 0 heterocycles. The zero-order chi connectivity index (χ0) is 19.6. The highest BCUT2D eigenvalue weighted by atomic mass is 32.2. The van der Waals surface area contributed by atoms with Gasteiger partial charge in [-0.05, 0) is 37.5 Å². The van der Waals surface area contributed by atoms with E-state index < -0.39 is 9.84 Å². The summed E-state index contributed by atoms with van der Waals surface area (Å²) in [7, 11) is 0.526. The van der Waals surface area contributed by atoms with Crippen LogP contribution >= 0.6 is 0 Å². The van der Waals surface area contributed by atoms with Gasteiger partial charge in [0.25, 0.3) is 5.91 Å². The number of hydrogen-bond acceptors (Lipinski definition) is 4. The van der Waals surface area contributed by atoms with Crippen LogP contribution < -0.4 is 10.6 Å². The molecule has 0 spiro atoms. The topological polar surface area (TPSA) is 90.9 Å². The van der Waals surface area contributed by atoms with Crippen molar-refractivity contribution in [1.82, 2.24) is 15.5 Å². The van der Waals surface area contributed by atoms with E-state index in [9.17, 15) is 13.2 Å². The third kappa shape index (κ3) is 8.84. The van der Waals surface area contributed by atoms with Gasteiger partial charge in [-0.15, -0.1) is 0 Å². The fourth-order valence-corrected chi connectivity index (χ4v) is 2.96. The van der Waals surface area contributed by atoms with Crippen molar-refractivity contribution in [2.24, 2.45) is 4.99 Å². The molecule has 0 fully saturated rings. The van der Waals surface area contributed by atoms with Crippen molar-refractivity contribution in [2.45, 2.75) is 19.8 Å². The molecule has 1 amide bonds. The van der Waals surface area contributed by atoms with Crippen molar-refractivity contribution >= 4 is 21.7 Å². The van der Waals surface area contributed by atoms with Crippen LogP contribution in [0.2, 0.25) is 0 Å². The molecule has 26 heavy (non-hydrogen) atoms. The van der Waals surface area contributed by atoms with Crippen LogP contribution in [-0.2, 0) is 16.3 Å². The van der Waals surface area contributed by atoms with Gasteiger partial charge in [0.1, 0.15) is 9.84 Å². The lowest BCUT2D eigenvalue weighted by Gasteiger charge is -2.13. The minimum Gasteiger partial charge on any atom is -0.357 e. The SMILES string of the molecule is CCNC(=NCCCS(C)(=O)=O)NCCc1cccc(C(=O)N(C)C)c1. The molecule has 0 atom stereocenters. The van der Waals surface area contributed by atoms with Gasteiger partial charge in [0.2, 0.25) is 0 Å². The van der Waals surface area contributed by atoms with Gasteiger partial charge < -0.3 is 15.5 Å². The Morgan fingerprint density at radius 3 is 2.58 bits per heavy atom. The Morgan fingerprint density at radius 1 is 1.23 bits per heavy atom. The summed E-state index contributed by atoms with van der Waals surface area (Å²) in [6.07, 6.45) is 2.49. The standard InChI is InChI=1S/C18H30N4O3S/c1-5-19-18(20-11-7-13-26(4,24)25)21-12-10-15-8-6-9-16(14-15)17(23)22(2)3/h6,8-9,14H,5,7,10-13H2,1-4H3,(H2,19,20,21). The van der Waals surface area contributed by atoms with Crippen molar-refractivity contribution in [1.29, 1.82) is 0 Å². The minimum atomic E-state index is -2.95. The number of sulfone groups is 1. The van der Waals surface area contributed by atoms with E-state index in [0.29, 0.717) is 31.0 Å². The lowest BCUT2D eigenvalue weighted by molar-refractivity contribution is 0.0827. The maximum atomic E-state index is 12.0. The van der Waals surface area contributed by atoms with Crippen LogP contribution in [0, 0.1) is 0 Å². The summed E-state index contributed by atoms with van der Waals surface area (Å²) >= 11 is 0. The van der Waals surface area contributed by atoms with Gasteiger partial charge in [0.05, 0.1) is 5.75 Å². The molecule has 0 aliphatic carbocycles. The number of benzene rings is 1. The number of nitrogens with zero attached hydrogens (tertiary/aromatic N) is 2. The number of carbonyl (C=O) groups excluding carboxylic acids is 1. The van der Waals surface area contributed by atoms with E-state index in [1.165, 1.54) is 6.26 Å². The maximum absolute atomic E-state index is 12.0. The number of guanidine groups is 1. The van der Waals surface area contributed by atoms with Crippen LogP contribution in [0.5, 0.6) is 0 Å². The Balaban J connectivity index is 2.54. The molecule has 0 bridgehead atoms. The van der Waals surface area contributed by atoms with E-state index in [1.54, 1.807) is 19.0 Å². The summed E-state index contributed by atoms with van der Waals surface area (Å²) in [5.74, 6) is 0.796. The van der Waals surface area contributed by atoms with Gasteiger partial charge in [-0.3, -0.25) is 9.79 Å². The third-order valence-electron chi connectivity index (χ3n) is 3.57. The Hall–Kier alpha value is -2.09. The molecule has 1 rings (SSSR count). The van der Waals surface area contributed by atoms with Crippen LogP contribution in [0.15, 0.2) is 29.3 Å². The predicted molar refractivity (Wildman–Crippen MR) is 106 cm³/mol. The average molecular weight is 383 g/mol. The van der Waals surface area contributed by atoms with E-state index in [0.717, 1.165) is 18.5 Å². The molecular weight excluding hydrogens is 352 g/mol. The fourth-order valence-electron chi connectivity index (χ4n) is 2.30. The molecule has 0 aromatic heterocycles.